The van der Waals surface area contributed by atoms with Crippen molar-refractivity contribution in [2.45, 2.75) is 30.6 Å². The van der Waals surface area contributed by atoms with Crippen molar-refractivity contribution in [1.29, 1.82) is 0 Å². The number of carbonyl (C=O) groups is 1. The van der Waals surface area contributed by atoms with E-state index in [4.69, 9.17) is 25.8 Å². The first kappa shape index (κ1) is 23.4. The van der Waals surface area contributed by atoms with Crippen LogP contribution in [0.25, 0.3) is 0 Å². The maximum Gasteiger partial charge on any atom is 0.338 e. The predicted octanol–water partition coefficient (Wildman–Crippen LogP) is 4.15. The van der Waals surface area contributed by atoms with Crippen LogP contribution >= 0.6 is 11.6 Å². The molecule has 1 aliphatic heterocycles. The van der Waals surface area contributed by atoms with Gasteiger partial charge in [0.25, 0.3) is 0 Å². The number of halogens is 1. The Morgan fingerprint density at radius 3 is 2.32 bits per heavy atom. The Morgan fingerprint density at radius 1 is 1.00 bits per heavy atom. The second kappa shape index (κ2) is 10.8. The number of hydrogen-bond acceptors (Lipinski definition) is 6. The summed E-state index contributed by atoms with van der Waals surface area (Å²) in [6.45, 7) is 1.09. The van der Waals surface area contributed by atoms with Crippen LogP contribution in [0.5, 0.6) is 11.5 Å². The van der Waals surface area contributed by atoms with E-state index in [-0.39, 0.29) is 29.4 Å². The minimum Gasteiger partial charge on any atom is -0.495 e. The normalized spacial score (nSPS) is 15.2. The largest absolute Gasteiger partial charge is 0.495 e. The lowest BCUT2D eigenvalue weighted by atomic mass is 10.2. The van der Waals surface area contributed by atoms with Crippen LogP contribution in [0.3, 0.4) is 0 Å². The van der Waals surface area contributed by atoms with Gasteiger partial charge in [0.05, 0.1) is 12.7 Å². The summed E-state index contributed by atoms with van der Waals surface area (Å²) in [5.74, 6) is 0.178. The average molecular weight is 468 g/mol. The van der Waals surface area contributed by atoms with E-state index in [9.17, 15) is 13.2 Å². The quantitative estimate of drug-likeness (QED) is 0.428. The van der Waals surface area contributed by atoms with Gasteiger partial charge in [-0.3, -0.25) is 0 Å². The molecular formula is C22H26ClNO6S. The van der Waals surface area contributed by atoms with Gasteiger partial charge in [0.15, 0.2) is 0 Å². The molecule has 0 aliphatic carbocycles. The maximum absolute atomic E-state index is 13.2. The number of benzene rings is 2. The Bertz CT molecular complexity index is 986. The van der Waals surface area contributed by atoms with Crippen molar-refractivity contribution in [2.24, 2.45) is 0 Å². The maximum atomic E-state index is 13.2. The lowest BCUT2D eigenvalue weighted by molar-refractivity contribution is 0.0450. The minimum atomic E-state index is -3.78. The third-order valence-corrected chi connectivity index (χ3v) is 7.15. The van der Waals surface area contributed by atoms with Gasteiger partial charge in [0, 0.05) is 18.1 Å². The van der Waals surface area contributed by atoms with Crippen LogP contribution in [0.15, 0.2) is 47.4 Å². The molecule has 0 bridgehead atoms. The number of nitrogens with zero attached hydrogens (tertiary/aromatic N) is 1. The van der Waals surface area contributed by atoms with Gasteiger partial charge in [-0.15, -0.1) is 0 Å². The Hall–Kier alpha value is -2.29. The number of rotatable bonds is 8. The first-order valence-electron chi connectivity index (χ1n) is 10.2. The Kier molecular flexibility index (Phi) is 8.17. The summed E-state index contributed by atoms with van der Waals surface area (Å²) in [4.78, 5) is 12.4. The highest BCUT2D eigenvalue weighted by molar-refractivity contribution is 7.89. The minimum absolute atomic E-state index is 0.0156. The van der Waals surface area contributed by atoms with Crippen LogP contribution in [0.2, 0.25) is 5.02 Å². The van der Waals surface area contributed by atoms with Crippen molar-refractivity contribution in [3.63, 3.8) is 0 Å². The lowest BCUT2D eigenvalue weighted by Gasteiger charge is -2.21. The van der Waals surface area contributed by atoms with Crippen molar-refractivity contribution >= 4 is 27.6 Å². The molecule has 2 aromatic rings. The molecule has 0 spiro atoms. The van der Waals surface area contributed by atoms with Gasteiger partial charge in [-0.05, 0) is 55.3 Å². The van der Waals surface area contributed by atoms with E-state index in [1.807, 2.05) is 0 Å². The molecule has 2 aromatic carbocycles. The number of sulfonamides is 1. The fourth-order valence-electron chi connectivity index (χ4n) is 3.33. The number of esters is 1. The zero-order valence-corrected chi connectivity index (χ0v) is 19.0. The van der Waals surface area contributed by atoms with Crippen molar-refractivity contribution in [1.82, 2.24) is 4.31 Å². The Labute approximate surface area is 187 Å². The smallest absolute Gasteiger partial charge is 0.338 e. The van der Waals surface area contributed by atoms with Gasteiger partial charge >= 0.3 is 5.97 Å². The van der Waals surface area contributed by atoms with Crippen molar-refractivity contribution in [3.05, 3.63) is 53.1 Å². The first-order valence-corrected chi connectivity index (χ1v) is 12.0. The lowest BCUT2D eigenvalue weighted by Crippen LogP contribution is -2.32. The highest BCUT2D eigenvalue weighted by Gasteiger charge is 2.29. The van der Waals surface area contributed by atoms with E-state index in [0.29, 0.717) is 23.9 Å². The van der Waals surface area contributed by atoms with Crippen LogP contribution in [0.1, 0.15) is 36.0 Å². The summed E-state index contributed by atoms with van der Waals surface area (Å²) < 4.78 is 43.9. The molecule has 7 nitrogen and oxygen atoms in total. The second-order valence-electron chi connectivity index (χ2n) is 7.12. The standard InChI is InChI=1S/C22H26ClNO6S/c1-28-20-11-6-17(16-21(20)31(26,27)24-12-4-2-3-5-13-24)22(25)30-15-14-29-19-9-7-18(23)8-10-19/h6-11,16H,2-5,12-15H2,1H3. The third kappa shape index (κ3) is 6.12. The fourth-order valence-corrected chi connectivity index (χ4v) is 5.16. The topological polar surface area (TPSA) is 82.1 Å². The molecule has 0 atom stereocenters. The Morgan fingerprint density at radius 2 is 1.68 bits per heavy atom. The highest BCUT2D eigenvalue weighted by Crippen LogP contribution is 2.29. The number of ether oxygens (including phenoxy) is 3. The molecule has 0 aromatic heterocycles. The number of methoxy groups -OCH3 is 1. The molecular weight excluding hydrogens is 442 g/mol. The summed E-state index contributed by atoms with van der Waals surface area (Å²) in [5, 5.41) is 0.601. The molecule has 1 saturated heterocycles. The van der Waals surface area contributed by atoms with E-state index in [0.717, 1.165) is 25.7 Å². The van der Waals surface area contributed by atoms with E-state index in [1.165, 1.54) is 29.6 Å². The molecule has 168 valence electrons. The first-order chi connectivity index (χ1) is 14.9. The van der Waals surface area contributed by atoms with Crippen LogP contribution in [-0.2, 0) is 14.8 Å². The van der Waals surface area contributed by atoms with E-state index in [2.05, 4.69) is 0 Å². The molecule has 1 heterocycles. The molecule has 0 unspecified atom stereocenters. The van der Waals surface area contributed by atoms with Crippen LogP contribution in [0, 0.1) is 0 Å². The van der Waals surface area contributed by atoms with Gasteiger partial charge in [0.1, 0.15) is 29.6 Å². The molecule has 0 N–H and O–H groups in total. The van der Waals surface area contributed by atoms with Crippen molar-refractivity contribution in [3.8, 4) is 11.5 Å². The van der Waals surface area contributed by atoms with Gasteiger partial charge in [-0.1, -0.05) is 24.4 Å². The zero-order valence-electron chi connectivity index (χ0n) is 17.4. The zero-order chi connectivity index (χ0) is 22.3. The number of hydrogen-bond donors (Lipinski definition) is 0. The van der Waals surface area contributed by atoms with Gasteiger partial charge in [-0.25, -0.2) is 13.2 Å². The van der Waals surface area contributed by atoms with Gasteiger partial charge in [-0.2, -0.15) is 4.31 Å². The van der Waals surface area contributed by atoms with Crippen LogP contribution in [0.4, 0.5) is 0 Å². The van der Waals surface area contributed by atoms with Crippen molar-refractivity contribution in [2.75, 3.05) is 33.4 Å². The van der Waals surface area contributed by atoms with E-state index < -0.39 is 16.0 Å². The summed E-state index contributed by atoms with van der Waals surface area (Å²) in [6, 6.07) is 11.1. The third-order valence-electron chi connectivity index (χ3n) is 4.98. The molecule has 0 amide bonds. The monoisotopic (exact) mass is 467 g/mol. The predicted molar refractivity (Wildman–Crippen MR) is 117 cm³/mol. The molecule has 0 saturated carbocycles. The van der Waals surface area contributed by atoms with Gasteiger partial charge in [0.2, 0.25) is 10.0 Å². The SMILES string of the molecule is COc1ccc(C(=O)OCCOc2ccc(Cl)cc2)cc1S(=O)(=O)N1CCCCCC1. The number of carbonyl (C=O) groups excluding carboxylic acids is 1. The highest BCUT2D eigenvalue weighted by atomic mass is 35.5. The fraction of sp³-hybridized carbons (Fsp3) is 0.409. The summed E-state index contributed by atoms with van der Waals surface area (Å²) in [6.07, 6.45) is 3.65. The Balaban J connectivity index is 1.67. The second-order valence-corrected chi connectivity index (χ2v) is 9.47. The van der Waals surface area contributed by atoms with E-state index in [1.54, 1.807) is 24.3 Å². The van der Waals surface area contributed by atoms with Crippen LogP contribution in [-0.4, -0.2) is 52.1 Å². The molecule has 0 radical (unpaired) electrons. The summed E-state index contributed by atoms with van der Waals surface area (Å²) in [7, 11) is -2.38. The van der Waals surface area contributed by atoms with Crippen molar-refractivity contribution < 1.29 is 27.4 Å². The van der Waals surface area contributed by atoms with E-state index >= 15 is 0 Å². The summed E-state index contributed by atoms with van der Waals surface area (Å²) in [5.41, 5.74) is 0.140. The molecule has 9 heteroatoms. The van der Waals surface area contributed by atoms with Crippen LogP contribution < -0.4 is 9.47 Å². The molecule has 1 aliphatic rings. The average Bonchev–Trinajstić information content (AvgIpc) is 3.07. The summed E-state index contributed by atoms with van der Waals surface area (Å²) >= 11 is 5.83. The van der Waals surface area contributed by atoms with Gasteiger partial charge < -0.3 is 14.2 Å². The molecule has 3 rings (SSSR count). The molecule has 31 heavy (non-hydrogen) atoms. The molecule has 1 fully saturated rings.